The van der Waals surface area contributed by atoms with Crippen LogP contribution in [0, 0.1) is 20.8 Å². The summed E-state index contributed by atoms with van der Waals surface area (Å²) >= 11 is 0. The first kappa shape index (κ1) is 12.1. The van der Waals surface area contributed by atoms with Crippen molar-refractivity contribution >= 4 is 20.9 Å². The normalized spacial score (nSPS) is 12.0. The molecule has 0 bridgehead atoms. The van der Waals surface area contributed by atoms with E-state index in [0.29, 0.717) is 5.39 Å². The minimum absolute atomic E-state index is 0.0267. The molecule has 0 radical (unpaired) electrons. The molecule has 2 aromatic carbocycles. The Morgan fingerprint density at radius 2 is 1.65 bits per heavy atom. The summed E-state index contributed by atoms with van der Waals surface area (Å²) in [5.41, 5.74) is 3.21. The summed E-state index contributed by atoms with van der Waals surface area (Å²) in [6.07, 6.45) is 0. The Balaban J connectivity index is 3.02. The molecule has 4 heteroatoms. The maximum Gasteiger partial charge on any atom is 0.295 e. The van der Waals surface area contributed by atoms with Crippen LogP contribution in [0.3, 0.4) is 0 Å². The van der Waals surface area contributed by atoms with Crippen molar-refractivity contribution in [3.8, 4) is 0 Å². The van der Waals surface area contributed by atoms with Gasteiger partial charge in [0.25, 0.3) is 10.1 Å². The molecule has 0 aliphatic carbocycles. The second-order valence-corrected chi connectivity index (χ2v) is 5.66. The summed E-state index contributed by atoms with van der Waals surface area (Å²) in [7, 11) is -4.18. The van der Waals surface area contributed by atoms with Crippen LogP contribution in [0.2, 0.25) is 0 Å². The van der Waals surface area contributed by atoms with E-state index in [1.54, 1.807) is 12.1 Å². The first-order valence-corrected chi connectivity index (χ1v) is 6.73. The maximum atomic E-state index is 11.3. The molecular formula is C13H14O3S. The predicted octanol–water partition coefficient (Wildman–Crippen LogP) is 3.01. The second kappa shape index (κ2) is 3.82. The van der Waals surface area contributed by atoms with Gasteiger partial charge in [-0.05, 0) is 55.0 Å². The standard InChI is InChI=1S/C13H14O3S/c1-8-7-12-11(10(3)9(8)2)5-4-6-13(12)17(14,15)16/h4-7H,1-3H3,(H,14,15,16). The van der Waals surface area contributed by atoms with Crippen molar-refractivity contribution in [3.05, 3.63) is 41.0 Å². The fourth-order valence-corrected chi connectivity index (χ4v) is 2.76. The molecule has 1 N–H and O–H groups in total. The maximum absolute atomic E-state index is 11.3. The van der Waals surface area contributed by atoms with E-state index in [1.165, 1.54) is 6.07 Å². The van der Waals surface area contributed by atoms with Crippen molar-refractivity contribution in [3.63, 3.8) is 0 Å². The van der Waals surface area contributed by atoms with Crippen molar-refractivity contribution in [1.29, 1.82) is 0 Å². The van der Waals surface area contributed by atoms with E-state index in [0.717, 1.165) is 22.1 Å². The topological polar surface area (TPSA) is 54.4 Å². The Morgan fingerprint density at radius 1 is 1.00 bits per heavy atom. The van der Waals surface area contributed by atoms with Gasteiger partial charge in [-0.25, -0.2) is 0 Å². The summed E-state index contributed by atoms with van der Waals surface area (Å²) in [5, 5.41) is 1.44. The van der Waals surface area contributed by atoms with E-state index >= 15 is 0 Å². The van der Waals surface area contributed by atoms with Gasteiger partial charge < -0.3 is 0 Å². The summed E-state index contributed by atoms with van der Waals surface area (Å²) in [6.45, 7) is 5.89. The van der Waals surface area contributed by atoms with Gasteiger partial charge in [0.2, 0.25) is 0 Å². The second-order valence-electron chi connectivity index (χ2n) is 4.27. The molecule has 2 aromatic rings. The lowest BCUT2D eigenvalue weighted by Crippen LogP contribution is -2.00. The van der Waals surface area contributed by atoms with Crippen LogP contribution in [0.4, 0.5) is 0 Å². The molecule has 90 valence electrons. The van der Waals surface area contributed by atoms with Crippen LogP contribution in [0.25, 0.3) is 10.8 Å². The summed E-state index contributed by atoms with van der Waals surface area (Å²) in [6, 6.07) is 6.74. The fourth-order valence-electron chi connectivity index (χ4n) is 2.07. The Labute approximate surface area is 101 Å². The van der Waals surface area contributed by atoms with Crippen molar-refractivity contribution in [1.82, 2.24) is 0 Å². The van der Waals surface area contributed by atoms with E-state index in [9.17, 15) is 13.0 Å². The molecular weight excluding hydrogens is 236 g/mol. The number of hydrogen-bond acceptors (Lipinski definition) is 2. The molecule has 0 aromatic heterocycles. The Bertz CT molecular complexity index is 700. The van der Waals surface area contributed by atoms with E-state index in [2.05, 4.69) is 0 Å². The third-order valence-corrected chi connectivity index (χ3v) is 4.17. The van der Waals surface area contributed by atoms with Gasteiger partial charge in [0.15, 0.2) is 0 Å². The van der Waals surface area contributed by atoms with Gasteiger partial charge >= 0.3 is 0 Å². The molecule has 0 amide bonds. The van der Waals surface area contributed by atoms with Crippen molar-refractivity contribution in [2.75, 3.05) is 0 Å². The van der Waals surface area contributed by atoms with Crippen molar-refractivity contribution in [2.24, 2.45) is 0 Å². The average molecular weight is 250 g/mol. The van der Waals surface area contributed by atoms with E-state index in [4.69, 9.17) is 0 Å². The van der Waals surface area contributed by atoms with Crippen molar-refractivity contribution in [2.45, 2.75) is 25.7 Å². The van der Waals surface area contributed by atoms with Gasteiger partial charge in [0.1, 0.15) is 4.90 Å². The molecule has 0 fully saturated rings. The zero-order chi connectivity index (χ0) is 12.8. The predicted molar refractivity (Wildman–Crippen MR) is 68.0 cm³/mol. The first-order valence-electron chi connectivity index (χ1n) is 5.29. The summed E-state index contributed by atoms with van der Waals surface area (Å²) in [4.78, 5) is -0.0267. The number of aryl methyl sites for hydroxylation is 2. The van der Waals surface area contributed by atoms with E-state index in [-0.39, 0.29) is 4.90 Å². The zero-order valence-electron chi connectivity index (χ0n) is 9.98. The molecule has 0 spiro atoms. The molecule has 17 heavy (non-hydrogen) atoms. The molecule has 0 unspecified atom stereocenters. The van der Waals surface area contributed by atoms with Crippen LogP contribution in [-0.2, 0) is 10.1 Å². The van der Waals surface area contributed by atoms with Gasteiger partial charge in [0.05, 0.1) is 0 Å². The lowest BCUT2D eigenvalue weighted by atomic mass is 9.97. The molecule has 0 saturated carbocycles. The lowest BCUT2D eigenvalue weighted by molar-refractivity contribution is 0.484. The van der Waals surface area contributed by atoms with E-state index in [1.807, 2.05) is 26.8 Å². The molecule has 0 heterocycles. The van der Waals surface area contributed by atoms with E-state index < -0.39 is 10.1 Å². The average Bonchev–Trinajstić information content (AvgIpc) is 2.24. The molecule has 0 saturated heterocycles. The quantitative estimate of drug-likeness (QED) is 0.791. The molecule has 2 rings (SSSR count). The Kier molecular flexibility index (Phi) is 2.72. The summed E-state index contributed by atoms with van der Waals surface area (Å²) in [5.74, 6) is 0. The Morgan fingerprint density at radius 3 is 2.24 bits per heavy atom. The highest BCUT2D eigenvalue weighted by Gasteiger charge is 2.15. The van der Waals surface area contributed by atoms with Crippen LogP contribution in [0.1, 0.15) is 16.7 Å². The minimum Gasteiger partial charge on any atom is -0.282 e. The van der Waals surface area contributed by atoms with Crippen LogP contribution >= 0.6 is 0 Å². The largest absolute Gasteiger partial charge is 0.295 e. The highest BCUT2D eigenvalue weighted by molar-refractivity contribution is 7.86. The van der Waals surface area contributed by atoms with Crippen LogP contribution in [-0.4, -0.2) is 13.0 Å². The monoisotopic (exact) mass is 250 g/mol. The fraction of sp³-hybridized carbons (Fsp3) is 0.231. The SMILES string of the molecule is Cc1cc2c(S(=O)(=O)O)cccc2c(C)c1C. The highest BCUT2D eigenvalue weighted by atomic mass is 32.2. The van der Waals surface area contributed by atoms with Gasteiger partial charge in [0, 0.05) is 5.39 Å². The van der Waals surface area contributed by atoms with Crippen LogP contribution < -0.4 is 0 Å². The summed E-state index contributed by atoms with van der Waals surface area (Å²) < 4.78 is 31.8. The van der Waals surface area contributed by atoms with Crippen LogP contribution in [0.5, 0.6) is 0 Å². The third-order valence-electron chi connectivity index (χ3n) is 3.26. The van der Waals surface area contributed by atoms with Gasteiger partial charge in [-0.1, -0.05) is 12.1 Å². The van der Waals surface area contributed by atoms with Crippen molar-refractivity contribution < 1.29 is 13.0 Å². The number of fused-ring (bicyclic) bond motifs is 1. The molecule has 3 nitrogen and oxygen atoms in total. The number of rotatable bonds is 1. The van der Waals surface area contributed by atoms with Gasteiger partial charge in [-0.15, -0.1) is 0 Å². The van der Waals surface area contributed by atoms with Crippen LogP contribution in [0.15, 0.2) is 29.2 Å². The lowest BCUT2D eigenvalue weighted by Gasteiger charge is -2.11. The smallest absolute Gasteiger partial charge is 0.282 e. The van der Waals surface area contributed by atoms with Gasteiger partial charge in [-0.3, -0.25) is 4.55 Å². The third kappa shape index (κ3) is 1.94. The first-order chi connectivity index (χ1) is 7.82. The Hall–Kier alpha value is -1.39. The highest BCUT2D eigenvalue weighted by Crippen LogP contribution is 2.29. The van der Waals surface area contributed by atoms with Gasteiger partial charge in [-0.2, -0.15) is 8.42 Å². The molecule has 0 atom stereocenters. The number of benzene rings is 2. The number of hydrogen-bond donors (Lipinski definition) is 1. The minimum atomic E-state index is -4.18. The molecule has 0 aliphatic heterocycles. The molecule has 0 aliphatic rings. The zero-order valence-corrected chi connectivity index (χ0v) is 10.8.